The van der Waals surface area contributed by atoms with Gasteiger partial charge in [-0.25, -0.2) is 4.79 Å². The van der Waals surface area contributed by atoms with E-state index in [4.69, 9.17) is 14.4 Å². The van der Waals surface area contributed by atoms with Gasteiger partial charge in [0.15, 0.2) is 0 Å². The molecular weight excluding hydrogens is 290 g/mol. The third-order valence-electron chi connectivity index (χ3n) is 2.16. The molecule has 0 saturated heterocycles. The number of benzene rings is 1. The second-order valence-electron chi connectivity index (χ2n) is 3.23. The van der Waals surface area contributed by atoms with Gasteiger partial charge in [-0.3, -0.25) is 0 Å². The highest BCUT2D eigenvalue weighted by atomic mass is 79.9. The van der Waals surface area contributed by atoms with Gasteiger partial charge in [-0.15, -0.1) is 0 Å². The lowest BCUT2D eigenvalue weighted by atomic mass is 10.1. The summed E-state index contributed by atoms with van der Waals surface area (Å²) in [7, 11) is 1.53. The number of carboxylic acids is 1. The molecule has 0 unspecified atom stereocenters. The SMILES string of the molecule is COc1ccc(Br)cc1-c1cc(C(=O)O)on1. The molecule has 0 bridgehead atoms. The molecule has 0 aliphatic rings. The van der Waals surface area contributed by atoms with Crippen molar-refractivity contribution in [3.8, 4) is 17.0 Å². The summed E-state index contributed by atoms with van der Waals surface area (Å²) in [5.41, 5.74) is 1.08. The Morgan fingerprint density at radius 3 is 2.82 bits per heavy atom. The molecule has 2 rings (SSSR count). The topological polar surface area (TPSA) is 72.6 Å². The Morgan fingerprint density at radius 1 is 1.47 bits per heavy atom. The van der Waals surface area contributed by atoms with Gasteiger partial charge in [-0.1, -0.05) is 21.1 Å². The highest BCUT2D eigenvalue weighted by Gasteiger charge is 2.15. The van der Waals surface area contributed by atoms with Crippen molar-refractivity contribution in [1.82, 2.24) is 5.16 Å². The van der Waals surface area contributed by atoms with E-state index in [9.17, 15) is 4.79 Å². The van der Waals surface area contributed by atoms with Gasteiger partial charge in [0.2, 0.25) is 5.76 Å². The number of halogens is 1. The van der Waals surface area contributed by atoms with E-state index < -0.39 is 5.97 Å². The first-order valence-electron chi connectivity index (χ1n) is 4.65. The molecule has 0 amide bonds. The normalized spacial score (nSPS) is 10.2. The number of hydrogen-bond acceptors (Lipinski definition) is 4. The Balaban J connectivity index is 2.51. The molecule has 5 nitrogen and oxygen atoms in total. The van der Waals surface area contributed by atoms with Gasteiger partial charge < -0.3 is 14.4 Å². The van der Waals surface area contributed by atoms with Crippen LogP contribution in [-0.4, -0.2) is 23.3 Å². The molecule has 0 radical (unpaired) electrons. The van der Waals surface area contributed by atoms with Gasteiger partial charge in [0.25, 0.3) is 0 Å². The van der Waals surface area contributed by atoms with Crippen LogP contribution in [0, 0.1) is 0 Å². The van der Waals surface area contributed by atoms with Crippen LogP contribution in [-0.2, 0) is 0 Å². The highest BCUT2D eigenvalue weighted by molar-refractivity contribution is 9.10. The number of aromatic nitrogens is 1. The molecule has 0 fully saturated rings. The second-order valence-corrected chi connectivity index (χ2v) is 4.14. The molecule has 0 aliphatic heterocycles. The number of nitrogens with zero attached hydrogens (tertiary/aromatic N) is 1. The van der Waals surface area contributed by atoms with E-state index in [1.54, 1.807) is 12.1 Å². The predicted octanol–water partition coefficient (Wildman–Crippen LogP) is 2.81. The Bertz CT molecular complexity index is 564. The molecule has 1 N–H and O–H groups in total. The molecule has 1 aromatic carbocycles. The first kappa shape index (κ1) is 11.7. The summed E-state index contributed by atoms with van der Waals surface area (Å²) < 4.78 is 10.7. The smallest absolute Gasteiger partial charge is 0.374 e. The number of carboxylic acid groups (broad SMARTS) is 1. The number of carbonyl (C=O) groups is 1. The molecule has 0 saturated carbocycles. The van der Waals surface area contributed by atoms with Crippen molar-refractivity contribution in [2.24, 2.45) is 0 Å². The van der Waals surface area contributed by atoms with Gasteiger partial charge in [-0.2, -0.15) is 0 Å². The average Bonchev–Trinajstić information content (AvgIpc) is 2.78. The summed E-state index contributed by atoms with van der Waals surface area (Å²) >= 11 is 3.33. The van der Waals surface area contributed by atoms with Gasteiger partial charge in [-0.05, 0) is 18.2 Å². The van der Waals surface area contributed by atoms with Crippen molar-refractivity contribution in [2.75, 3.05) is 7.11 Å². The monoisotopic (exact) mass is 297 g/mol. The standard InChI is InChI=1S/C11H8BrNO4/c1-16-9-3-2-6(12)4-7(9)8-5-10(11(14)15)17-13-8/h2-5H,1H3,(H,14,15). The minimum atomic E-state index is -1.15. The van der Waals surface area contributed by atoms with E-state index >= 15 is 0 Å². The van der Waals surface area contributed by atoms with Gasteiger partial charge >= 0.3 is 5.97 Å². The van der Waals surface area contributed by atoms with Gasteiger partial charge in [0.05, 0.1) is 7.11 Å². The van der Waals surface area contributed by atoms with Gasteiger partial charge in [0.1, 0.15) is 11.4 Å². The molecule has 1 heterocycles. The average molecular weight is 298 g/mol. The van der Waals surface area contributed by atoms with Crippen molar-refractivity contribution in [1.29, 1.82) is 0 Å². The molecule has 6 heteroatoms. The summed E-state index contributed by atoms with van der Waals surface area (Å²) in [5.74, 6) is -0.766. The largest absolute Gasteiger partial charge is 0.496 e. The number of rotatable bonds is 3. The summed E-state index contributed by atoms with van der Waals surface area (Å²) in [6, 6.07) is 6.71. The molecule has 0 aliphatic carbocycles. The van der Waals surface area contributed by atoms with Crippen LogP contribution >= 0.6 is 15.9 Å². The zero-order chi connectivity index (χ0) is 12.4. The van der Waals surface area contributed by atoms with E-state index in [0.29, 0.717) is 17.0 Å². The van der Waals surface area contributed by atoms with Gasteiger partial charge in [0, 0.05) is 16.1 Å². The van der Waals surface area contributed by atoms with Crippen molar-refractivity contribution in [2.45, 2.75) is 0 Å². The van der Waals surface area contributed by atoms with E-state index in [1.165, 1.54) is 13.2 Å². The lowest BCUT2D eigenvalue weighted by Crippen LogP contribution is -1.91. The number of hydrogen-bond donors (Lipinski definition) is 1. The minimum Gasteiger partial charge on any atom is -0.496 e. The zero-order valence-electron chi connectivity index (χ0n) is 8.81. The summed E-state index contributed by atoms with van der Waals surface area (Å²) in [6.07, 6.45) is 0. The fourth-order valence-electron chi connectivity index (χ4n) is 1.38. The highest BCUT2D eigenvalue weighted by Crippen LogP contribution is 2.32. The summed E-state index contributed by atoms with van der Waals surface area (Å²) in [4.78, 5) is 10.7. The maximum absolute atomic E-state index is 10.7. The van der Waals surface area contributed by atoms with Crippen LogP contribution in [0.3, 0.4) is 0 Å². The molecule has 88 valence electrons. The van der Waals surface area contributed by atoms with Crippen LogP contribution in [0.1, 0.15) is 10.6 Å². The lowest BCUT2D eigenvalue weighted by Gasteiger charge is -2.05. The first-order valence-corrected chi connectivity index (χ1v) is 5.45. The van der Waals surface area contributed by atoms with Crippen molar-refractivity contribution >= 4 is 21.9 Å². The third kappa shape index (κ3) is 2.31. The van der Waals surface area contributed by atoms with Crippen LogP contribution in [0.15, 0.2) is 33.3 Å². The maximum atomic E-state index is 10.7. The van der Waals surface area contributed by atoms with Crippen LogP contribution in [0.4, 0.5) is 0 Å². The molecule has 1 aromatic heterocycles. The second kappa shape index (κ2) is 4.58. The number of aromatic carboxylic acids is 1. The van der Waals surface area contributed by atoms with Crippen molar-refractivity contribution < 1.29 is 19.2 Å². The fraction of sp³-hybridized carbons (Fsp3) is 0.0909. The lowest BCUT2D eigenvalue weighted by molar-refractivity contribution is 0.0652. The third-order valence-corrected chi connectivity index (χ3v) is 2.65. The van der Waals surface area contributed by atoms with Crippen molar-refractivity contribution in [3.05, 3.63) is 34.5 Å². The number of ether oxygens (including phenoxy) is 1. The van der Waals surface area contributed by atoms with E-state index in [-0.39, 0.29) is 5.76 Å². The molecule has 2 aromatic rings. The first-order chi connectivity index (χ1) is 8.11. The fourth-order valence-corrected chi connectivity index (χ4v) is 1.74. The Labute approximate surface area is 105 Å². The van der Waals surface area contributed by atoms with Crippen LogP contribution < -0.4 is 4.74 Å². The number of methoxy groups -OCH3 is 1. The zero-order valence-corrected chi connectivity index (χ0v) is 10.4. The van der Waals surface area contributed by atoms with E-state index in [1.807, 2.05) is 6.07 Å². The van der Waals surface area contributed by atoms with Crippen LogP contribution in [0.5, 0.6) is 5.75 Å². The molecular formula is C11H8BrNO4. The Kier molecular flexibility index (Phi) is 3.14. The maximum Gasteiger partial charge on any atom is 0.374 e. The molecule has 17 heavy (non-hydrogen) atoms. The van der Waals surface area contributed by atoms with Crippen LogP contribution in [0.25, 0.3) is 11.3 Å². The quantitative estimate of drug-likeness (QED) is 0.943. The van der Waals surface area contributed by atoms with E-state index in [0.717, 1.165) is 4.47 Å². The summed E-state index contributed by atoms with van der Waals surface area (Å²) in [6.45, 7) is 0. The molecule has 0 atom stereocenters. The van der Waals surface area contributed by atoms with Crippen LogP contribution in [0.2, 0.25) is 0 Å². The minimum absolute atomic E-state index is 0.206. The Morgan fingerprint density at radius 2 is 2.24 bits per heavy atom. The summed E-state index contributed by atoms with van der Waals surface area (Å²) in [5, 5.41) is 12.5. The predicted molar refractivity (Wildman–Crippen MR) is 63.2 cm³/mol. The van der Waals surface area contributed by atoms with E-state index in [2.05, 4.69) is 21.1 Å². The van der Waals surface area contributed by atoms with Crippen molar-refractivity contribution in [3.63, 3.8) is 0 Å². The Hall–Kier alpha value is -1.82. The molecule has 0 spiro atoms.